The van der Waals surface area contributed by atoms with Gasteiger partial charge in [0.1, 0.15) is 16.6 Å². The number of thioether (sulfide) groups is 1. The Labute approximate surface area is 182 Å². The van der Waals surface area contributed by atoms with Crippen LogP contribution >= 0.6 is 35.0 Å². The summed E-state index contributed by atoms with van der Waals surface area (Å²) in [5, 5.41) is 4.54. The van der Waals surface area contributed by atoms with Gasteiger partial charge in [-0.3, -0.25) is 9.79 Å². The van der Waals surface area contributed by atoms with Gasteiger partial charge in [-0.1, -0.05) is 35.0 Å². The molecule has 8 heteroatoms. The molecule has 0 radical (unpaired) electrons. The lowest BCUT2D eigenvalue weighted by atomic mass is 10.1. The topological polar surface area (TPSA) is 53.8 Å². The van der Waals surface area contributed by atoms with Crippen LogP contribution in [-0.2, 0) is 4.79 Å². The number of amides is 1. The molecule has 2 aromatic rings. The molecule has 4 rings (SSSR count). The second kappa shape index (κ2) is 8.46. The van der Waals surface area contributed by atoms with Crippen molar-refractivity contribution >= 4 is 57.3 Å². The van der Waals surface area contributed by atoms with Crippen LogP contribution in [0.2, 0.25) is 10.0 Å². The van der Waals surface area contributed by atoms with Gasteiger partial charge in [0.15, 0.2) is 5.66 Å². The van der Waals surface area contributed by atoms with Crippen LogP contribution in [0.25, 0.3) is 0 Å². The molecule has 150 valence electrons. The van der Waals surface area contributed by atoms with Crippen molar-refractivity contribution in [2.75, 3.05) is 11.1 Å². The number of hydrogen-bond acceptors (Lipinski definition) is 4. The molecular formula is C21H18Cl2FN3OS. The summed E-state index contributed by atoms with van der Waals surface area (Å²) >= 11 is 13.8. The predicted molar refractivity (Wildman–Crippen MR) is 119 cm³/mol. The molecular weight excluding hydrogens is 432 g/mol. The maximum absolute atomic E-state index is 13.0. The lowest BCUT2D eigenvalue weighted by Gasteiger charge is -2.14. The Kier molecular flexibility index (Phi) is 5.95. The maximum Gasteiger partial charge on any atom is 0.234 e. The van der Waals surface area contributed by atoms with E-state index in [1.165, 1.54) is 36.0 Å². The summed E-state index contributed by atoms with van der Waals surface area (Å²) in [7, 11) is 0. The number of rotatable bonds is 4. The van der Waals surface area contributed by atoms with Gasteiger partial charge in [0.05, 0.1) is 10.8 Å². The second-order valence-electron chi connectivity index (χ2n) is 7.03. The smallest absolute Gasteiger partial charge is 0.234 e. The average Bonchev–Trinajstić information content (AvgIpc) is 3.29. The Morgan fingerprint density at radius 2 is 1.83 bits per heavy atom. The SMILES string of the molecule is O=C(CSC1=NC2(CCCC2)N=C1c1ccc(Cl)cc1Cl)Nc1ccc(F)cc1. The largest absolute Gasteiger partial charge is 0.325 e. The summed E-state index contributed by atoms with van der Waals surface area (Å²) in [6.07, 6.45) is 3.95. The number of nitrogens with one attached hydrogen (secondary N) is 1. The highest BCUT2D eigenvalue weighted by Gasteiger charge is 2.39. The molecule has 1 amide bonds. The molecule has 0 unspecified atom stereocenters. The van der Waals surface area contributed by atoms with Crippen molar-refractivity contribution < 1.29 is 9.18 Å². The quantitative estimate of drug-likeness (QED) is 0.624. The Balaban J connectivity index is 1.51. The van der Waals surface area contributed by atoms with Crippen molar-refractivity contribution in [1.82, 2.24) is 0 Å². The molecule has 2 aliphatic rings. The van der Waals surface area contributed by atoms with E-state index in [0.29, 0.717) is 26.5 Å². The van der Waals surface area contributed by atoms with Crippen molar-refractivity contribution in [3.05, 3.63) is 63.9 Å². The molecule has 0 aromatic heterocycles. The van der Waals surface area contributed by atoms with Crippen LogP contribution in [0.1, 0.15) is 31.2 Å². The zero-order valence-corrected chi connectivity index (χ0v) is 17.8. The van der Waals surface area contributed by atoms with Gasteiger partial charge in [-0.15, -0.1) is 0 Å². The van der Waals surface area contributed by atoms with Crippen molar-refractivity contribution in [1.29, 1.82) is 0 Å². The minimum absolute atomic E-state index is 0.163. The van der Waals surface area contributed by atoms with Crippen LogP contribution in [-0.4, -0.2) is 28.1 Å². The fourth-order valence-corrected chi connectivity index (χ4v) is 4.87. The zero-order valence-electron chi connectivity index (χ0n) is 15.4. The van der Waals surface area contributed by atoms with Crippen LogP contribution in [0, 0.1) is 5.82 Å². The summed E-state index contributed by atoms with van der Waals surface area (Å²) in [5.74, 6) is -0.380. The number of aliphatic imine (C=N–C) groups is 2. The first-order chi connectivity index (χ1) is 13.9. The van der Waals surface area contributed by atoms with E-state index in [-0.39, 0.29) is 17.5 Å². The molecule has 2 aromatic carbocycles. The number of nitrogens with zero attached hydrogens (tertiary/aromatic N) is 2. The number of carbonyl (C=O) groups excluding carboxylic acids is 1. The molecule has 4 nitrogen and oxygen atoms in total. The van der Waals surface area contributed by atoms with Gasteiger partial charge < -0.3 is 5.32 Å². The first-order valence-electron chi connectivity index (χ1n) is 9.28. The first kappa shape index (κ1) is 20.4. The lowest BCUT2D eigenvalue weighted by molar-refractivity contribution is -0.113. The van der Waals surface area contributed by atoms with Crippen LogP contribution in [0.15, 0.2) is 52.4 Å². The van der Waals surface area contributed by atoms with Crippen molar-refractivity contribution in [2.24, 2.45) is 9.98 Å². The van der Waals surface area contributed by atoms with Gasteiger partial charge in [-0.25, -0.2) is 9.38 Å². The van der Waals surface area contributed by atoms with Gasteiger partial charge in [-0.2, -0.15) is 0 Å². The average molecular weight is 450 g/mol. The highest BCUT2D eigenvalue weighted by Crippen LogP contribution is 2.41. The Morgan fingerprint density at radius 3 is 2.52 bits per heavy atom. The third kappa shape index (κ3) is 4.65. The van der Waals surface area contributed by atoms with Gasteiger partial charge in [-0.05, 0) is 68.1 Å². The third-order valence-electron chi connectivity index (χ3n) is 4.89. The lowest BCUT2D eigenvalue weighted by Crippen LogP contribution is -2.18. The van der Waals surface area contributed by atoms with E-state index in [2.05, 4.69) is 5.32 Å². The first-order valence-corrected chi connectivity index (χ1v) is 11.0. The van der Waals surface area contributed by atoms with Crippen LogP contribution < -0.4 is 5.32 Å². The summed E-state index contributed by atoms with van der Waals surface area (Å²) in [6, 6.07) is 11.0. The molecule has 1 N–H and O–H groups in total. The molecule has 29 heavy (non-hydrogen) atoms. The summed E-state index contributed by atoms with van der Waals surface area (Å²) in [6.45, 7) is 0. The number of halogens is 3. The van der Waals surface area contributed by atoms with Crippen molar-refractivity contribution in [3.63, 3.8) is 0 Å². The maximum atomic E-state index is 13.0. The predicted octanol–water partition coefficient (Wildman–Crippen LogP) is 5.98. The van der Waals surface area contributed by atoms with E-state index in [1.54, 1.807) is 12.1 Å². The standard InChI is InChI=1S/C21H18Cl2FN3OS/c22-13-3-8-16(17(23)11-13)19-20(27-21(26-19)9-1-2-10-21)29-12-18(28)25-15-6-4-14(24)5-7-15/h3-8,11H,1-2,9-10,12H2,(H,25,28). The fourth-order valence-electron chi connectivity index (χ4n) is 3.51. The second-order valence-corrected chi connectivity index (χ2v) is 8.84. The molecule has 1 aliphatic heterocycles. The minimum atomic E-state index is -0.436. The van der Waals surface area contributed by atoms with E-state index in [1.807, 2.05) is 6.07 Å². The number of anilines is 1. The number of benzene rings is 2. The summed E-state index contributed by atoms with van der Waals surface area (Å²) in [4.78, 5) is 22.2. The molecule has 1 spiro atoms. The van der Waals surface area contributed by atoms with Crippen molar-refractivity contribution in [3.8, 4) is 0 Å². The molecule has 0 saturated heterocycles. The molecule has 1 saturated carbocycles. The highest BCUT2D eigenvalue weighted by molar-refractivity contribution is 8.16. The van der Waals surface area contributed by atoms with Gasteiger partial charge in [0, 0.05) is 16.3 Å². The number of carbonyl (C=O) groups is 1. The summed E-state index contributed by atoms with van der Waals surface area (Å²) < 4.78 is 13.0. The van der Waals surface area contributed by atoms with Gasteiger partial charge >= 0.3 is 0 Å². The van der Waals surface area contributed by atoms with E-state index < -0.39 is 5.66 Å². The third-order valence-corrected chi connectivity index (χ3v) is 6.40. The Morgan fingerprint density at radius 1 is 1.10 bits per heavy atom. The molecule has 1 aliphatic carbocycles. The Hall–Kier alpha value is -1.89. The fraction of sp³-hybridized carbons (Fsp3) is 0.286. The van der Waals surface area contributed by atoms with Gasteiger partial charge in [0.2, 0.25) is 5.91 Å². The Bertz CT molecular complexity index is 1000. The van der Waals surface area contributed by atoms with E-state index in [4.69, 9.17) is 33.2 Å². The normalized spacial score (nSPS) is 17.3. The van der Waals surface area contributed by atoms with E-state index >= 15 is 0 Å². The molecule has 1 fully saturated rings. The van der Waals surface area contributed by atoms with Crippen LogP contribution in [0.4, 0.5) is 10.1 Å². The zero-order chi connectivity index (χ0) is 20.4. The minimum Gasteiger partial charge on any atom is -0.325 e. The highest BCUT2D eigenvalue weighted by atomic mass is 35.5. The van der Waals surface area contributed by atoms with E-state index in [0.717, 1.165) is 31.2 Å². The van der Waals surface area contributed by atoms with Crippen LogP contribution in [0.5, 0.6) is 0 Å². The molecule has 0 atom stereocenters. The summed E-state index contributed by atoms with van der Waals surface area (Å²) in [5.41, 5.74) is 1.60. The van der Waals surface area contributed by atoms with E-state index in [9.17, 15) is 9.18 Å². The van der Waals surface area contributed by atoms with Crippen molar-refractivity contribution in [2.45, 2.75) is 31.3 Å². The monoisotopic (exact) mass is 449 g/mol. The molecule has 1 heterocycles. The van der Waals surface area contributed by atoms with Crippen LogP contribution in [0.3, 0.4) is 0 Å². The molecule has 0 bridgehead atoms. The van der Waals surface area contributed by atoms with Gasteiger partial charge in [0.25, 0.3) is 0 Å². The number of hydrogen-bond donors (Lipinski definition) is 1.